The van der Waals surface area contributed by atoms with Gasteiger partial charge in [0, 0.05) is 17.4 Å². The zero-order valence-corrected chi connectivity index (χ0v) is 31.2. The second-order valence-electron chi connectivity index (χ2n) is 11.4. The molecule has 290 valence electrons. The van der Waals surface area contributed by atoms with Gasteiger partial charge >= 0.3 is 22.6 Å². The summed E-state index contributed by atoms with van der Waals surface area (Å²) in [6.45, 7) is 1.07. The first-order valence-corrected chi connectivity index (χ1v) is 20.8. The fourth-order valence-corrected chi connectivity index (χ4v) is 8.73. The van der Waals surface area contributed by atoms with Gasteiger partial charge in [0.25, 0.3) is 0 Å². The molecule has 23 nitrogen and oxygen atoms in total. The number of carbonyl (C=O) groups is 1. The topological polar surface area (TPSA) is 313 Å². The number of aliphatic hydroxyl groups excluding tert-OH is 3. The molecule has 4 aromatic rings. The highest BCUT2D eigenvalue weighted by molar-refractivity contribution is 8.76. The lowest BCUT2D eigenvalue weighted by Gasteiger charge is -2.21. The minimum atomic E-state index is -3.27. The van der Waals surface area contributed by atoms with Crippen molar-refractivity contribution < 1.29 is 61.9 Å². The third-order valence-corrected chi connectivity index (χ3v) is 11.8. The molecule has 1 amide bonds. The number of nitrogens with two attached hydrogens (primary N) is 1. The van der Waals surface area contributed by atoms with Crippen molar-refractivity contribution in [1.29, 1.82) is 0 Å². The van der Waals surface area contributed by atoms with Gasteiger partial charge in [-0.25, -0.2) is 34.7 Å². The van der Waals surface area contributed by atoms with Gasteiger partial charge in [0.05, 0.1) is 32.5 Å². The van der Waals surface area contributed by atoms with Gasteiger partial charge in [0.1, 0.15) is 61.5 Å². The van der Waals surface area contributed by atoms with E-state index >= 15 is 0 Å². The summed E-state index contributed by atoms with van der Waals surface area (Å²) in [4.78, 5) is 46.0. The molecule has 0 aliphatic carbocycles. The molecule has 2 fully saturated rings. The lowest BCUT2D eigenvalue weighted by Crippen LogP contribution is -2.33. The number of hydrogen-bond acceptors (Lipinski definition) is 21. The number of hydrogen-bond donors (Lipinski definition) is 6. The van der Waals surface area contributed by atoms with Gasteiger partial charge in [-0.2, -0.15) is 0 Å². The molecule has 4 aromatic heterocycles. The number of aliphatic hydroxyl groups is 3. The molecule has 7 N–H and O–H groups in total. The Morgan fingerprint density at radius 2 is 1.58 bits per heavy atom. The average Bonchev–Trinajstić information content (AvgIpc) is 3.90. The third kappa shape index (κ3) is 9.10. The van der Waals surface area contributed by atoms with Gasteiger partial charge in [-0.1, -0.05) is 28.5 Å². The maximum atomic E-state index is 13.0. The summed E-state index contributed by atoms with van der Waals surface area (Å²) in [5.74, 6) is 0.625. The smallest absolute Gasteiger partial charge is 0.412 e. The van der Waals surface area contributed by atoms with Crippen molar-refractivity contribution in [2.24, 2.45) is 5.92 Å². The molecule has 2 aliphatic rings. The zero-order chi connectivity index (χ0) is 37.6. The van der Waals surface area contributed by atoms with Crippen LogP contribution in [-0.2, 0) is 36.9 Å². The van der Waals surface area contributed by atoms with Crippen molar-refractivity contribution in [3.8, 4) is 0 Å². The molecule has 0 aromatic carbocycles. The number of imidazole rings is 2. The lowest BCUT2D eigenvalue weighted by atomic mass is 10.0. The molecular formula is C26H36N10O13P2S2. The van der Waals surface area contributed by atoms with E-state index in [1.54, 1.807) is 11.5 Å². The normalized spacial score (nSPS) is 27.0. The molecule has 6 rings (SSSR count). The minimum Gasteiger partial charge on any atom is -0.448 e. The molecule has 53 heavy (non-hydrogen) atoms. The first-order valence-electron chi connectivity index (χ1n) is 15.8. The fourth-order valence-electron chi connectivity index (χ4n) is 5.69. The molecule has 10 atom stereocenters. The van der Waals surface area contributed by atoms with Gasteiger partial charge < -0.3 is 53.7 Å². The number of aromatic nitrogens is 8. The molecule has 0 spiro atoms. The van der Waals surface area contributed by atoms with Crippen LogP contribution in [0.4, 0.5) is 16.4 Å². The summed E-state index contributed by atoms with van der Waals surface area (Å²) in [6, 6.07) is 0. The molecule has 2 saturated heterocycles. The number of anilines is 2. The monoisotopic (exact) mass is 822 g/mol. The highest BCUT2D eigenvalue weighted by Crippen LogP contribution is 2.43. The van der Waals surface area contributed by atoms with Crippen molar-refractivity contribution in [1.82, 2.24) is 39.0 Å². The Bertz CT molecular complexity index is 1930. The zero-order valence-electron chi connectivity index (χ0n) is 27.6. The fraction of sp³-hybridized carbons (Fsp3) is 0.577. The highest BCUT2D eigenvalue weighted by atomic mass is 33.1. The Labute approximate surface area is 308 Å². The van der Waals surface area contributed by atoms with E-state index in [-0.39, 0.29) is 47.2 Å². The SMILES string of the molecule is CC1C(O[PH](=O)OCC2OC(n3cnc4c(N)ncnc43)C(O)C2O)C(CO)OC1n1cnc2c(NC(=O)OCCSSCCO[PH](=O)O)ncnc21. The Balaban J connectivity index is 1.02. The second-order valence-corrected chi connectivity index (χ2v) is 16.0. The summed E-state index contributed by atoms with van der Waals surface area (Å²) in [7, 11) is -3.41. The number of nitrogens with zero attached hydrogens (tertiary/aromatic N) is 8. The van der Waals surface area contributed by atoms with Crippen LogP contribution in [0.1, 0.15) is 19.4 Å². The number of ether oxygens (including phenoxy) is 3. The summed E-state index contributed by atoms with van der Waals surface area (Å²) >= 11 is 0. The Kier molecular flexibility index (Phi) is 13.5. The summed E-state index contributed by atoms with van der Waals surface area (Å²) in [6.07, 6.45) is -3.24. The minimum absolute atomic E-state index is 0.0788. The van der Waals surface area contributed by atoms with Crippen LogP contribution < -0.4 is 11.1 Å². The van der Waals surface area contributed by atoms with Crippen LogP contribution in [0.5, 0.6) is 0 Å². The van der Waals surface area contributed by atoms with Crippen LogP contribution in [0.2, 0.25) is 0 Å². The van der Waals surface area contributed by atoms with Crippen LogP contribution in [0.15, 0.2) is 25.3 Å². The first-order chi connectivity index (χ1) is 25.6. The number of nitrogens with one attached hydrogen (secondary N) is 1. The molecule has 27 heteroatoms. The van der Waals surface area contributed by atoms with E-state index in [1.807, 2.05) is 0 Å². The Morgan fingerprint density at radius 3 is 2.32 bits per heavy atom. The number of carbonyl (C=O) groups excluding carboxylic acids is 1. The molecule has 0 saturated carbocycles. The van der Waals surface area contributed by atoms with Crippen LogP contribution in [-0.4, -0.2) is 134 Å². The Morgan fingerprint density at radius 1 is 0.925 bits per heavy atom. The Hall–Kier alpha value is -3.03. The van der Waals surface area contributed by atoms with Gasteiger partial charge in [-0.15, -0.1) is 0 Å². The van der Waals surface area contributed by atoms with Crippen molar-refractivity contribution >= 4 is 78.2 Å². The van der Waals surface area contributed by atoms with E-state index in [1.165, 1.54) is 51.5 Å². The van der Waals surface area contributed by atoms with Gasteiger partial charge in [-0.05, 0) is 0 Å². The molecule has 2 aliphatic heterocycles. The largest absolute Gasteiger partial charge is 0.448 e. The predicted octanol–water partition coefficient (Wildman–Crippen LogP) is 0.513. The van der Waals surface area contributed by atoms with E-state index in [4.69, 9.17) is 33.9 Å². The molecular weight excluding hydrogens is 786 g/mol. The number of fused-ring (bicyclic) bond motifs is 2. The average molecular weight is 823 g/mol. The van der Waals surface area contributed by atoms with E-state index in [0.29, 0.717) is 11.5 Å². The highest BCUT2D eigenvalue weighted by Gasteiger charge is 2.47. The van der Waals surface area contributed by atoms with Crippen molar-refractivity contribution in [3.05, 3.63) is 25.3 Å². The van der Waals surface area contributed by atoms with E-state index in [9.17, 15) is 29.2 Å². The quantitative estimate of drug-likeness (QED) is 0.0480. The van der Waals surface area contributed by atoms with Gasteiger partial charge in [0.15, 0.2) is 34.7 Å². The van der Waals surface area contributed by atoms with Crippen LogP contribution in [0, 0.1) is 5.92 Å². The maximum Gasteiger partial charge on any atom is 0.412 e. The second kappa shape index (κ2) is 18.1. The molecule has 10 unspecified atom stereocenters. The summed E-state index contributed by atoms with van der Waals surface area (Å²) in [5, 5.41) is 34.0. The van der Waals surface area contributed by atoms with Crippen LogP contribution in [0.3, 0.4) is 0 Å². The maximum absolute atomic E-state index is 13.0. The van der Waals surface area contributed by atoms with E-state index in [0.717, 1.165) is 0 Å². The van der Waals surface area contributed by atoms with Crippen LogP contribution >= 0.6 is 38.1 Å². The van der Waals surface area contributed by atoms with E-state index < -0.39 is 84.7 Å². The van der Waals surface area contributed by atoms with Crippen molar-refractivity contribution in [2.45, 2.75) is 49.9 Å². The predicted molar refractivity (Wildman–Crippen MR) is 188 cm³/mol. The van der Waals surface area contributed by atoms with Crippen LogP contribution in [0.25, 0.3) is 22.3 Å². The van der Waals surface area contributed by atoms with Crippen molar-refractivity contribution in [2.75, 3.05) is 49.0 Å². The standard InChI is InChI=1S/C26H36N10O13P2S2/c1-12-19(49-51(43)46-7-14-17(38)18(39)25(48-14)36-10-32-15-20(27)28-8-30-22(15)36)13(6-37)47-24(12)35-11-33-16-21(29-9-31-23(16)35)34-26(40)44-2-4-52-53-5-3-45-50(41)42/h8-14,17-19,24-25,37-39,50-51H,2-7H2,1H3,(H,41,42)(H2,27,28,30)(H,29,31,34,40). The van der Waals surface area contributed by atoms with E-state index in [2.05, 4.69) is 39.7 Å². The molecule has 6 heterocycles. The molecule has 0 bridgehead atoms. The van der Waals surface area contributed by atoms with Crippen molar-refractivity contribution in [3.63, 3.8) is 0 Å². The third-order valence-electron chi connectivity index (χ3n) is 8.15. The number of nitrogen functional groups attached to an aromatic ring is 1. The first kappa shape index (κ1) is 39.7. The number of amides is 1. The van der Waals surface area contributed by atoms with Gasteiger partial charge in [-0.3, -0.25) is 23.6 Å². The lowest BCUT2D eigenvalue weighted by molar-refractivity contribution is -0.0523. The molecule has 0 radical (unpaired) electrons. The van der Waals surface area contributed by atoms with Gasteiger partial charge in [0.2, 0.25) is 0 Å². The number of rotatable bonds is 17. The summed E-state index contributed by atoms with van der Waals surface area (Å²) < 4.78 is 59.4. The summed E-state index contributed by atoms with van der Waals surface area (Å²) in [5.41, 5.74) is 6.92.